The molecule has 96 valence electrons. The van der Waals surface area contributed by atoms with Gasteiger partial charge in [-0.3, -0.25) is 0 Å². The molecule has 0 bridgehead atoms. The van der Waals surface area contributed by atoms with Crippen LogP contribution in [0.3, 0.4) is 0 Å². The van der Waals surface area contributed by atoms with Crippen molar-refractivity contribution in [3.05, 3.63) is 45.8 Å². The summed E-state index contributed by atoms with van der Waals surface area (Å²) in [5, 5.41) is 4.24. The first-order valence-electron chi connectivity index (χ1n) is 6.21. The summed E-state index contributed by atoms with van der Waals surface area (Å²) in [6.07, 6.45) is 0. The molecular weight excluding hydrogens is 262 g/mol. The topological polar surface area (TPSA) is 12.0 Å². The molecule has 1 N–H and O–H groups in total. The van der Waals surface area contributed by atoms with Gasteiger partial charge in [0, 0.05) is 20.8 Å². The van der Waals surface area contributed by atoms with Gasteiger partial charge in [-0.15, -0.1) is 11.3 Å². The smallest absolute Gasteiger partial charge is 0.0409 e. The van der Waals surface area contributed by atoms with Crippen molar-refractivity contribution in [3.8, 4) is 10.4 Å². The Labute approximate surface area is 118 Å². The van der Waals surface area contributed by atoms with E-state index in [1.54, 1.807) is 0 Å². The van der Waals surface area contributed by atoms with Gasteiger partial charge in [0.15, 0.2) is 0 Å². The average Bonchev–Trinajstić information content (AvgIpc) is 2.78. The third kappa shape index (κ3) is 2.94. The number of thiophene rings is 1. The van der Waals surface area contributed by atoms with Gasteiger partial charge < -0.3 is 5.32 Å². The molecule has 1 nitrogen and oxygen atoms in total. The van der Waals surface area contributed by atoms with Gasteiger partial charge in [0.05, 0.1) is 0 Å². The van der Waals surface area contributed by atoms with Gasteiger partial charge in [-0.1, -0.05) is 24.6 Å². The number of benzene rings is 1. The molecule has 0 aliphatic rings. The van der Waals surface area contributed by atoms with Gasteiger partial charge in [-0.25, -0.2) is 0 Å². The number of hydrogen-bond acceptors (Lipinski definition) is 2. The van der Waals surface area contributed by atoms with Crippen LogP contribution in [0.5, 0.6) is 0 Å². The molecule has 0 amide bonds. The predicted octanol–water partition coefficient (Wildman–Crippen LogP) is 5.05. The third-order valence-corrected chi connectivity index (χ3v) is 4.55. The number of aryl methyl sites for hydroxylation is 1. The van der Waals surface area contributed by atoms with Crippen molar-refractivity contribution < 1.29 is 0 Å². The molecule has 0 saturated heterocycles. The molecule has 2 rings (SSSR count). The molecule has 0 saturated carbocycles. The average molecular weight is 280 g/mol. The van der Waals surface area contributed by atoms with Crippen LogP contribution in [-0.2, 0) is 0 Å². The van der Waals surface area contributed by atoms with Crippen molar-refractivity contribution in [2.75, 3.05) is 6.54 Å². The lowest BCUT2D eigenvalue weighted by Gasteiger charge is -2.09. The normalized spacial score (nSPS) is 12.7. The number of halogens is 1. The lowest BCUT2D eigenvalue weighted by molar-refractivity contribution is 0.607. The van der Waals surface area contributed by atoms with Crippen LogP contribution in [0.15, 0.2) is 30.3 Å². The first-order valence-corrected chi connectivity index (χ1v) is 7.41. The minimum absolute atomic E-state index is 0.418. The van der Waals surface area contributed by atoms with Crippen LogP contribution in [0.25, 0.3) is 10.4 Å². The monoisotopic (exact) mass is 279 g/mol. The van der Waals surface area contributed by atoms with Crippen molar-refractivity contribution in [3.63, 3.8) is 0 Å². The maximum atomic E-state index is 5.99. The van der Waals surface area contributed by atoms with Crippen molar-refractivity contribution in [1.82, 2.24) is 5.32 Å². The van der Waals surface area contributed by atoms with Gasteiger partial charge in [0.25, 0.3) is 0 Å². The van der Waals surface area contributed by atoms with Crippen molar-refractivity contribution in [2.45, 2.75) is 26.8 Å². The molecular formula is C15H18ClNS. The van der Waals surface area contributed by atoms with Crippen LogP contribution in [0.1, 0.15) is 30.3 Å². The molecule has 0 fully saturated rings. The van der Waals surface area contributed by atoms with E-state index in [1.165, 1.54) is 20.9 Å². The van der Waals surface area contributed by atoms with Crippen molar-refractivity contribution in [1.29, 1.82) is 0 Å². The standard InChI is InChI=1S/C15H18ClNS/c1-4-17-11(3)14-7-8-15(18-14)13-6-5-12(16)9-10(13)2/h5-9,11,17H,4H2,1-3H3. The summed E-state index contributed by atoms with van der Waals surface area (Å²) in [6, 6.07) is 10.9. The van der Waals surface area contributed by atoms with E-state index in [-0.39, 0.29) is 0 Å². The van der Waals surface area contributed by atoms with Crippen LogP contribution in [0, 0.1) is 6.92 Å². The SMILES string of the molecule is CCNC(C)c1ccc(-c2ccc(Cl)cc2C)s1. The lowest BCUT2D eigenvalue weighted by atomic mass is 10.1. The highest BCUT2D eigenvalue weighted by atomic mass is 35.5. The van der Waals surface area contributed by atoms with Gasteiger partial charge in [0.1, 0.15) is 0 Å². The van der Waals surface area contributed by atoms with E-state index in [9.17, 15) is 0 Å². The second-order valence-corrected chi connectivity index (χ2v) is 5.99. The summed E-state index contributed by atoms with van der Waals surface area (Å²) in [5.74, 6) is 0. The van der Waals surface area contributed by atoms with E-state index in [4.69, 9.17) is 11.6 Å². The van der Waals surface area contributed by atoms with E-state index in [0.29, 0.717) is 6.04 Å². The zero-order chi connectivity index (χ0) is 13.1. The Kier molecular flexibility index (Phi) is 4.44. The summed E-state index contributed by atoms with van der Waals surface area (Å²) in [7, 11) is 0. The second-order valence-electron chi connectivity index (χ2n) is 4.44. The molecule has 1 aromatic carbocycles. The number of hydrogen-bond donors (Lipinski definition) is 1. The molecule has 2 aromatic rings. The third-order valence-electron chi connectivity index (χ3n) is 3.02. The Bertz CT molecular complexity index is 533. The summed E-state index contributed by atoms with van der Waals surface area (Å²) in [6.45, 7) is 7.44. The zero-order valence-corrected chi connectivity index (χ0v) is 12.5. The van der Waals surface area contributed by atoms with E-state index >= 15 is 0 Å². The van der Waals surface area contributed by atoms with Gasteiger partial charge in [-0.2, -0.15) is 0 Å². The number of nitrogens with one attached hydrogen (secondary N) is 1. The molecule has 18 heavy (non-hydrogen) atoms. The van der Waals surface area contributed by atoms with E-state index in [1.807, 2.05) is 23.5 Å². The fourth-order valence-corrected chi connectivity index (χ4v) is 3.39. The molecule has 1 aromatic heterocycles. The molecule has 0 aliphatic heterocycles. The van der Waals surface area contributed by atoms with Crippen LogP contribution in [0.2, 0.25) is 5.02 Å². The summed E-state index contributed by atoms with van der Waals surface area (Å²) < 4.78 is 0. The fraction of sp³-hybridized carbons (Fsp3) is 0.333. The highest BCUT2D eigenvalue weighted by molar-refractivity contribution is 7.15. The zero-order valence-electron chi connectivity index (χ0n) is 11.0. The Morgan fingerprint density at radius 3 is 2.72 bits per heavy atom. The van der Waals surface area contributed by atoms with Gasteiger partial charge in [-0.05, 0) is 55.8 Å². The summed E-state index contributed by atoms with van der Waals surface area (Å²) >= 11 is 7.84. The predicted molar refractivity (Wildman–Crippen MR) is 81.6 cm³/mol. The molecule has 1 heterocycles. The highest BCUT2D eigenvalue weighted by Gasteiger charge is 2.10. The van der Waals surface area contributed by atoms with E-state index < -0.39 is 0 Å². The Balaban J connectivity index is 2.29. The highest BCUT2D eigenvalue weighted by Crippen LogP contribution is 2.34. The quantitative estimate of drug-likeness (QED) is 0.826. The lowest BCUT2D eigenvalue weighted by Crippen LogP contribution is -2.16. The largest absolute Gasteiger partial charge is 0.310 e. The van der Waals surface area contributed by atoms with Crippen LogP contribution in [-0.4, -0.2) is 6.54 Å². The molecule has 1 unspecified atom stereocenters. The number of rotatable bonds is 4. The van der Waals surface area contributed by atoms with Crippen LogP contribution < -0.4 is 5.32 Å². The van der Waals surface area contributed by atoms with Crippen molar-refractivity contribution >= 4 is 22.9 Å². The first-order chi connectivity index (χ1) is 8.61. The Hall–Kier alpha value is -0.830. The molecule has 1 atom stereocenters. The maximum Gasteiger partial charge on any atom is 0.0409 e. The minimum atomic E-state index is 0.418. The fourth-order valence-electron chi connectivity index (χ4n) is 2.04. The van der Waals surface area contributed by atoms with E-state index in [2.05, 4.69) is 44.3 Å². The van der Waals surface area contributed by atoms with Crippen LogP contribution >= 0.6 is 22.9 Å². The molecule has 0 aliphatic carbocycles. The first kappa shape index (κ1) is 13.6. The van der Waals surface area contributed by atoms with E-state index in [0.717, 1.165) is 11.6 Å². The molecule has 0 spiro atoms. The summed E-state index contributed by atoms with van der Waals surface area (Å²) in [4.78, 5) is 2.69. The maximum absolute atomic E-state index is 5.99. The summed E-state index contributed by atoms with van der Waals surface area (Å²) in [5.41, 5.74) is 2.51. The van der Waals surface area contributed by atoms with Crippen molar-refractivity contribution in [2.24, 2.45) is 0 Å². The van der Waals surface area contributed by atoms with Crippen LogP contribution in [0.4, 0.5) is 0 Å². The Morgan fingerprint density at radius 2 is 2.06 bits per heavy atom. The Morgan fingerprint density at radius 1 is 1.28 bits per heavy atom. The van der Waals surface area contributed by atoms with Gasteiger partial charge in [0.2, 0.25) is 0 Å². The second kappa shape index (κ2) is 5.87. The van der Waals surface area contributed by atoms with Gasteiger partial charge >= 0.3 is 0 Å². The minimum Gasteiger partial charge on any atom is -0.310 e. The molecule has 3 heteroatoms. The molecule has 0 radical (unpaired) electrons.